The van der Waals surface area contributed by atoms with Crippen LogP contribution in [0.25, 0.3) is 0 Å². The molecule has 5 heteroatoms. The fourth-order valence-electron chi connectivity index (χ4n) is 2.27. The molecular weight excluding hydrogens is 284 g/mol. The molecule has 17 heavy (non-hydrogen) atoms. The molecule has 2 heterocycles. The molecule has 4 nitrogen and oxygen atoms in total. The van der Waals surface area contributed by atoms with E-state index in [0.29, 0.717) is 22.3 Å². The van der Waals surface area contributed by atoms with Gasteiger partial charge in [0.15, 0.2) is 4.67 Å². The van der Waals surface area contributed by atoms with Crippen molar-refractivity contribution in [3.05, 3.63) is 22.6 Å². The number of piperidine rings is 1. The number of carbonyl (C=O) groups is 1. The Morgan fingerprint density at radius 1 is 1.47 bits per heavy atom. The number of nitrogens with one attached hydrogen (secondary N) is 1. The zero-order valence-electron chi connectivity index (χ0n) is 10.1. The molecule has 1 aliphatic heterocycles. The van der Waals surface area contributed by atoms with Crippen molar-refractivity contribution in [2.24, 2.45) is 0 Å². The maximum Gasteiger partial charge on any atom is 0.270 e. The van der Waals surface area contributed by atoms with Crippen molar-refractivity contribution < 1.29 is 9.21 Å². The van der Waals surface area contributed by atoms with Crippen LogP contribution in [-0.2, 0) is 0 Å². The molecule has 0 bridgehead atoms. The molecular formula is C12H17BrN2O2. The van der Waals surface area contributed by atoms with Gasteiger partial charge in [0.1, 0.15) is 0 Å². The molecule has 0 aromatic carbocycles. The van der Waals surface area contributed by atoms with Crippen molar-refractivity contribution in [3.63, 3.8) is 0 Å². The standard InChI is InChI=1S/C12H17BrN2O2/c1-8-4-3-5-9(2)15(8)14-12(16)10-6-7-17-11(10)13/h6-9H,3-5H2,1-2H3,(H,14,16). The number of hydrogen-bond acceptors (Lipinski definition) is 3. The van der Waals surface area contributed by atoms with Crippen LogP contribution >= 0.6 is 15.9 Å². The fourth-order valence-corrected chi connectivity index (χ4v) is 2.70. The third-order valence-corrected chi connectivity index (χ3v) is 3.90. The van der Waals surface area contributed by atoms with Gasteiger partial charge >= 0.3 is 0 Å². The predicted octanol–water partition coefficient (Wildman–Crippen LogP) is 2.95. The molecule has 0 saturated carbocycles. The van der Waals surface area contributed by atoms with E-state index in [9.17, 15) is 4.79 Å². The van der Waals surface area contributed by atoms with Crippen LogP contribution in [0.15, 0.2) is 21.4 Å². The summed E-state index contributed by atoms with van der Waals surface area (Å²) in [6.07, 6.45) is 4.97. The highest BCUT2D eigenvalue weighted by molar-refractivity contribution is 9.10. The van der Waals surface area contributed by atoms with E-state index in [1.54, 1.807) is 6.07 Å². The fraction of sp³-hybridized carbons (Fsp3) is 0.583. The van der Waals surface area contributed by atoms with E-state index in [4.69, 9.17) is 4.42 Å². The Labute approximate surface area is 109 Å². The molecule has 1 aliphatic rings. The Morgan fingerprint density at radius 2 is 2.12 bits per heavy atom. The molecule has 2 rings (SSSR count). The van der Waals surface area contributed by atoms with E-state index in [2.05, 4.69) is 35.2 Å². The first-order valence-electron chi connectivity index (χ1n) is 5.92. The van der Waals surface area contributed by atoms with Gasteiger partial charge in [-0.2, -0.15) is 0 Å². The lowest BCUT2D eigenvalue weighted by atomic mass is 10.00. The second-order valence-electron chi connectivity index (χ2n) is 4.59. The van der Waals surface area contributed by atoms with Crippen LogP contribution in [0.1, 0.15) is 43.5 Å². The van der Waals surface area contributed by atoms with Crippen molar-refractivity contribution in [2.45, 2.75) is 45.2 Å². The van der Waals surface area contributed by atoms with Gasteiger partial charge in [0.05, 0.1) is 11.8 Å². The summed E-state index contributed by atoms with van der Waals surface area (Å²) in [7, 11) is 0. The largest absolute Gasteiger partial charge is 0.457 e. The summed E-state index contributed by atoms with van der Waals surface area (Å²) >= 11 is 3.22. The third kappa shape index (κ3) is 2.72. The van der Waals surface area contributed by atoms with E-state index >= 15 is 0 Å². The molecule has 1 N–H and O–H groups in total. The van der Waals surface area contributed by atoms with Crippen molar-refractivity contribution in [3.8, 4) is 0 Å². The van der Waals surface area contributed by atoms with E-state index in [1.165, 1.54) is 12.7 Å². The minimum atomic E-state index is -0.119. The van der Waals surface area contributed by atoms with Crippen LogP contribution in [0.2, 0.25) is 0 Å². The lowest BCUT2D eigenvalue weighted by Crippen LogP contribution is -2.54. The van der Waals surface area contributed by atoms with E-state index in [0.717, 1.165) is 12.8 Å². The zero-order chi connectivity index (χ0) is 12.4. The summed E-state index contributed by atoms with van der Waals surface area (Å²) < 4.78 is 5.54. The smallest absolute Gasteiger partial charge is 0.270 e. The Bertz CT molecular complexity index is 395. The van der Waals surface area contributed by atoms with Gasteiger partial charge in [-0.15, -0.1) is 0 Å². The molecule has 2 unspecified atom stereocenters. The number of nitrogens with zero attached hydrogens (tertiary/aromatic N) is 1. The Morgan fingerprint density at radius 3 is 2.65 bits per heavy atom. The van der Waals surface area contributed by atoms with Gasteiger partial charge in [-0.1, -0.05) is 6.42 Å². The Balaban J connectivity index is 2.05. The van der Waals surface area contributed by atoms with Crippen LogP contribution in [0.5, 0.6) is 0 Å². The number of hydrogen-bond donors (Lipinski definition) is 1. The maximum absolute atomic E-state index is 12.0. The first kappa shape index (κ1) is 12.6. The number of halogens is 1. The van der Waals surface area contributed by atoms with Crippen LogP contribution in [0, 0.1) is 0 Å². The number of furan rings is 1. The van der Waals surface area contributed by atoms with E-state index < -0.39 is 0 Å². The number of amides is 1. The van der Waals surface area contributed by atoms with Gasteiger partial charge in [-0.3, -0.25) is 10.2 Å². The molecule has 1 amide bonds. The Hall–Kier alpha value is -0.810. The van der Waals surface area contributed by atoms with Gasteiger partial charge in [0, 0.05) is 12.1 Å². The van der Waals surface area contributed by atoms with Gasteiger partial charge in [-0.25, -0.2) is 5.01 Å². The monoisotopic (exact) mass is 300 g/mol. The number of rotatable bonds is 2. The quantitative estimate of drug-likeness (QED) is 0.913. The summed E-state index contributed by atoms with van der Waals surface area (Å²) in [6.45, 7) is 4.28. The highest BCUT2D eigenvalue weighted by Crippen LogP contribution is 2.22. The molecule has 2 atom stereocenters. The summed E-state index contributed by atoms with van der Waals surface area (Å²) in [4.78, 5) is 12.0. The molecule has 94 valence electrons. The van der Waals surface area contributed by atoms with Gasteiger partial charge in [0.25, 0.3) is 5.91 Å². The third-order valence-electron chi connectivity index (χ3n) is 3.29. The zero-order valence-corrected chi connectivity index (χ0v) is 11.7. The number of hydrazine groups is 1. The van der Waals surface area contributed by atoms with Gasteiger partial charge in [0.2, 0.25) is 0 Å². The maximum atomic E-state index is 12.0. The minimum Gasteiger partial charge on any atom is -0.457 e. The topological polar surface area (TPSA) is 45.5 Å². The van der Waals surface area contributed by atoms with Gasteiger partial charge in [-0.05, 0) is 48.7 Å². The molecule has 1 aromatic rings. The van der Waals surface area contributed by atoms with Crippen molar-refractivity contribution in [1.29, 1.82) is 0 Å². The van der Waals surface area contributed by atoms with Crippen LogP contribution < -0.4 is 5.43 Å². The van der Waals surface area contributed by atoms with E-state index in [1.807, 2.05) is 5.01 Å². The average Bonchev–Trinajstić information content (AvgIpc) is 2.70. The lowest BCUT2D eigenvalue weighted by molar-refractivity contribution is 0.0368. The van der Waals surface area contributed by atoms with E-state index in [-0.39, 0.29) is 5.91 Å². The molecule has 0 spiro atoms. The normalized spacial score (nSPS) is 25.8. The highest BCUT2D eigenvalue weighted by Gasteiger charge is 2.27. The first-order chi connectivity index (χ1) is 8.09. The summed E-state index contributed by atoms with van der Waals surface area (Å²) in [5.41, 5.74) is 3.50. The van der Waals surface area contributed by atoms with Crippen molar-refractivity contribution in [2.75, 3.05) is 0 Å². The van der Waals surface area contributed by atoms with Crippen LogP contribution in [0.3, 0.4) is 0 Å². The first-order valence-corrected chi connectivity index (χ1v) is 6.71. The average molecular weight is 301 g/mol. The summed E-state index contributed by atoms with van der Waals surface area (Å²) in [6, 6.07) is 2.43. The van der Waals surface area contributed by atoms with Crippen LogP contribution in [0.4, 0.5) is 0 Å². The Kier molecular flexibility index (Phi) is 3.89. The minimum absolute atomic E-state index is 0.119. The van der Waals surface area contributed by atoms with Gasteiger partial charge < -0.3 is 4.42 Å². The second-order valence-corrected chi connectivity index (χ2v) is 5.31. The second kappa shape index (κ2) is 5.23. The van der Waals surface area contributed by atoms with Crippen molar-refractivity contribution in [1.82, 2.24) is 10.4 Å². The summed E-state index contributed by atoms with van der Waals surface area (Å²) in [5, 5.41) is 2.05. The molecule has 0 aliphatic carbocycles. The lowest BCUT2D eigenvalue weighted by Gasteiger charge is -2.38. The molecule has 0 radical (unpaired) electrons. The highest BCUT2D eigenvalue weighted by atomic mass is 79.9. The predicted molar refractivity (Wildman–Crippen MR) is 68.5 cm³/mol. The van der Waals surface area contributed by atoms with Crippen LogP contribution in [-0.4, -0.2) is 23.0 Å². The molecule has 1 aromatic heterocycles. The molecule has 1 saturated heterocycles. The summed E-state index contributed by atoms with van der Waals surface area (Å²) in [5.74, 6) is -0.119. The molecule has 1 fully saturated rings. The number of carbonyl (C=O) groups excluding carboxylic acids is 1. The van der Waals surface area contributed by atoms with Crippen molar-refractivity contribution >= 4 is 21.8 Å². The SMILES string of the molecule is CC1CCCC(C)N1NC(=O)c1ccoc1Br.